The molecule has 1 amide bonds. The second kappa shape index (κ2) is 8.98. The topological polar surface area (TPSA) is 45.7 Å². The number of aromatic nitrogens is 1. The minimum atomic E-state index is -0.00323. The molecule has 4 aromatic rings. The maximum Gasteiger partial charge on any atom is 0.260 e. The van der Waals surface area contributed by atoms with Crippen LogP contribution in [0.15, 0.2) is 54.6 Å². The molecule has 0 saturated carbocycles. The summed E-state index contributed by atoms with van der Waals surface area (Å²) in [7, 11) is 0. The third kappa shape index (κ3) is 4.26. The van der Waals surface area contributed by atoms with Crippen LogP contribution >= 0.6 is 11.3 Å². The van der Waals surface area contributed by atoms with Crippen molar-refractivity contribution in [2.24, 2.45) is 0 Å². The normalized spacial score (nSPS) is 14.8. The van der Waals surface area contributed by atoms with E-state index in [1.807, 2.05) is 41.3 Å². The molecule has 0 N–H and O–H groups in total. The zero-order valence-corrected chi connectivity index (χ0v) is 19.3. The lowest BCUT2D eigenvalue weighted by atomic mass is 10.1. The smallest absolute Gasteiger partial charge is 0.260 e. The Balaban J connectivity index is 1.49. The van der Waals surface area contributed by atoms with Gasteiger partial charge in [-0.15, -0.1) is 0 Å². The number of ether oxygens (including phenoxy) is 1. The maximum atomic E-state index is 13.7. The van der Waals surface area contributed by atoms with Gasteiger partial charge in [-0.05, 0) is 60.0 Å². The van der Waals surface area contributed by atoms with Crippen molar-refractivity contribution in [2.45, 2.75) is 13.8 Å². The third-order valence-corrected chi connectivity index (χ3v) is 7.25. The summed E-state index contributed by atoms with van der Waals surface area (Å²) in [6, 6.07) is 18.4. The van der Waals surface area contributed by atoms with Crippen molar-refractivity contribution in [1.29, 1.82) is 0 Å². The van der Waals surface area contributed by atoms with E-state index in [-0.39, 0.29) is 5.91 Å². The van der Waals surface area contributed by atoms with Crippen LogP contribution in [0.25, 0.3) is 21.0 Å². The molecule has 1 fully saturated rings. The monoisotopic (exact) mass is 445 g/mol. The van der Waals surface area contributed by atoms with Crippen LogP contribution in [0.5, 0.6) is 0 Å². The quantitative estimate of drug-likeness (QED) is 0.431. The summed E-state index contributed by atoms with van der Waals surface area (Å²) in [6.07, 6.45) is 0. The third-order valence-electron chi connectivity index (χ3n) is 6.21. The molecule has 0 aliphatic carbocycles. The van der Waals surface area contributed by atoms with Crippen molar-refractivity contribution < 1.29 is 9.53 Å². The van der Waals surface area contributed by atoms with Gasteiger partial charge in [-0.2, -0.15) is 0 Å². The van der Waals surface area contributed by atoms with Crippen LogP contribution in [-0.2, 0) is 4.74 Å². The van der Waals surface area contributed by atoms with Gasteiger partial charge in [0.1, 0.15) is 0 Å². The number of carbonyl (C=O) groups excluding carboxylic acids is 1. The van der Waals surface area contributed by atoms with Crippen molar-refractivity contribution in [3.05, 3.63) is 71.3 Å². The Kier molecular flexibility index (Phi) is 5.91. The number of aryl methyl sites for hydroxylation is 2. The average molecular weight is 446 g/mol. The minimum Gasteiger partial charge on any atom is -0.379 e. The molecule has 5 rings (SSSR count). The van der Waals surface area contributed by atoms with E-state index in [1.165, 1.54) is 11.1 Å². The number of benzene rings is 3. The predicted molar refractivity (Wildman–Crippen MR) is 132 cm³/mol. The molecule has 5 nitrogen and oxygen atoms in total. The van der Waals surface area contributed by atoms with Crippen LogP contribution in [0, 0.1) is 13.8 Å². The van der Waals surface area contributed by atoms with E-state index >= 15 is 0 Å². The number of nitrogens with zero attached hydrogens (tertiary/aromatic N) is 3. The van der Waals surface area contributed by atoms with Crippen molar-refractivity contribution in [2.75, 3.05) is 44.3 Å². The summed E-state index contributed by atoms with van der Waals surface area (Å²) < 4.78 is 6.60. The number of carbonyl (C=O) groups is 1. The largest absolute Gasteiger partial charge is 0.379 e. The summed E-state index contributed by atoms with van der Waals surface area (Å²) in [5, 5.41) is 2.97. The van der Waals surface area contributed by atoms with E-state index in [9.17, 15) is 4.79 Å². The molecule has 2 heterocycles. The first-order valence-electron chi connectivity index (χ1n) is 11.1. The minimum absolute atomic E-state index is 0.00323. The highest BCUT2D eigenvalue weighted by Crippen LogP contribution is 2.32. The Bertz CT molecular complexity index is 1240. The first kappa shape index (κ1) is 21.1. The van der Waals surface area contributed by atoms with E-state index in [4.69, 9.17) is 9.72 Å². The van der Waals surface area contributed by atoms with Gasteiger partial charge in [0.05, 0.1) is 23.4 Å². The lowest BCUT2D eigenvalue weighted by Gasteiger charge is -2.29. The molecule has 0 spiro atoms. The number of thiazole rings is 1. The van der Waals surface area contributed by atoms with Gasteiger partial charge in [-0.25, -0.2) is 4.98 Å². The van der Waals surface area contributed by atoms with Gasteiger partial charge in [0, 0.05) is 31.7 Å². The molecule has 1 aliphatic rings. The zero-order valence-electron chi connectivity index (χ0n) is 18.5. The van der Waals surface area contributed by atoms with Crippen molar-refractivity contribution in [3.63, 3.8) is 0 Å². The highest BCUT2D eigenvalue weighted by atomic mass is 32.1. The summed E-state index contributed by atoms with van der Waals surface area (Å²) >= 11 is 1.59. The first-order chi connectivity index (χ1) is 15.6. The van der Waals surface area contributed by atoms with E-state index < -0.39 is 0 Å². The Labute approximate surface area is 192 Å². The molecule has 3 aromatic carbocycles. The van der Waals surface area contributed by atoms with E-state index in [2.05, 4.69) is 36.9 Å². The molecule has 0 bridgehead atoms. The van der Waals surface area contributed by atoms with Crippen LogP contribution in [0.3, 0.4) is 0 Å². The van der Waals surface area contributed by atoms with Crippen LogP contribution in [0.2, 0.25) is 0 Å². The van der Waals surface area contributed by atoms with Crippen molar-refractivity contribution in [3.8, 4) is 0 Å². The number of anilines is 1. The van der Waals surface area contributed by atoms with E-state index in [0.717, 1.165) is 59.0 Å². The van der Waals surface area contributed by atoms with Gasteiger partial charge >= 0.3 is 0 Å². The van der Waals surface area contributed by atoms with Gasteiger partial charge in [0.25, 0.3) is 5.91 Å². The van der Waals surface area contributed by atoms with Crippen LogP contribution < -0.4 is 4.90 Å². The molecule has 164 valence electrons. The standard InChI is InChI=1S/C26H27N3O2S/c1-18-15-23-24(16-19(18)2)32-26(27-23)29(10-9-28-11-13-31-14-12-28)25(30)22-8-7-20-5-3-4-6-21(20)17-22/h3-8,15-17H,9-14H2,1-2H3. The van der Waals surface area contributed by atoms with Gasteiger partial charge in [0.2, 0.25) is 0 Å². The van der Waals surface area contributed by atoms with Gasteiger partial charge in [-0.1, -0.05) is 41.7 Å². The molecule has 6 heteroatoms. The predicted octanol–water partition coefficient (Wildman–Crippen LogP) is 5.05. The fraction of sp³-hybridized carbons (Fsp3) is 0.308. The Morgan fingerprint density at radius 2 is 1.78 bits per heavy atom. The summed E-state index contributed by atoms with van der Waals surface area (Å²) in [6.45, 7) is 8.91. The average Bonchev–Trinajstić information content (AvgIpc) is 3.22. The number of hydrogen-bond donors (Lipinski definition) is 0. The molecular weight excluding hydrogens is 418 g/mol. The number of rotatable bonds is 5. The molecule has 1 aromatic heterocycles. The first-order valence-corrected chi connectivity index (χ1v) is 11.9. The summed E-state index contributed by atoms with van der Waals surface area (Å²) in [4.78, 5) is 22.8. The second-order valence-electron chi connectivity index (χ2n) is 8.37. The van der Waals surface area contributed by atoms with Crippen LogP contribution in [-0.4, -0.2) is 55.2 Å². The number of morpholine rings is 1. The fourth-order valence-electron chi connectivity index (χ4n) is 4.11. The maximum absolute atomic E-state index is 13.7. The van der Waals surface area contributed by atoms with Gasteiger partial charge in [0.15, 0.2) is 5.13 Å². The zero-order chi connectivity index (χ0) is 22.1. The van der Waals surface area contributed by atoms with Crippen LogP contribution in [0.1, 0.15) is 21.5 Å². The number of hydrogen-bond acceptors (Lipinski definition) is 5. The molecule has 32 heavy (non-hydrogen) atoms. The van der Waals surface area contributed by atoms with Crippen molar-refractivity contribution >= 4 is 43.4 Å². The van der Waals surface area contributed by atoms with E-state index in [1.54, 1.807) is 11.3 Å². The van der Waals surface area contributed by atoms with Gasteiger partial charge < -0.3 is 4.74 Å². The SMILES string of the molecule is Cc1cc2nc(N(CCN3CCOCC3)C(=O)c3ccc4ccccc4c3)sc2cc1C. The Morgan fingerprint density at radius 1 is 1.03 bits per heavy atom. The van der Waals surface area contributed by atoms with Crippen LogP contribution in [0.4, 0.5) is 5.13 Å². The molecular formula is C26H27N3O2S. The molecule has 1 saturated heterocycles. The Morgan fingerprint density at radius 3 is 2.59 bits per heavy atom. The summed E-state index contributed by atoms with van der Waals surface area (Å²) in [5.41, 5.74) is 4.11. The lowest BCUT2D eigenvalue weighted by Crippen LogP contribution is -2.43. The summed E-state index contributed by atoms with van der Waals surface area (Å²) in [5.74, 6) is -0.00323. The highest BCUT2D eigenvalue weighted by Gasteiger charge is 2.23. The molecule has 1 aliphatic heterocycles. The second-order valence-corrected chi connectivity index (χ2v) is 9.38. The van der Waals surface area contributed by atoms with Crippen molar-refractivity contribution in [1.82, 2.24) is 9.88 Å². The lowest BCUT2D eigenvalue weighted by molar-refractivity contribution is 0.0391. The Hall–Kier alpha value is -2.80. The number of amides is 1. The highest BCUT2D eigenvalue weighted by molar-refractivity contribution is 7.22. The van der Waals surface area contributed by atoms with E-state index in [0.29, 0.717) is 12.1 Å². The number of fused-ring (bicyclic) bond motifs is 2. The molecule has 0 unspecified atom stereocenters. The fourth-order valence-corrected chi connectivity index (χ4v) is 5.18. The molecule has 0 radical (unpaired) electrons. The molecule has 0 atom stereocenters. The van der Waals surface area contributed by atoms with Gasteiger partial charge in [-0.3, -0.25) is 14.6 Å².